The van der Waals surface area contributed by atoms with Crippen LogP contribution in [0.2, 0.25) is 0 Å². The molecule has 0 radical (unpaired) electrons. The van der Waals surface area contributed by atoms with Gasteiger partial charge >= 0.3 is 5.76 Å². The lowest BCUT2D eigenvalue weighted by Crippen LogP contribution is -2.14. The van der Waals surface area contributed by atoms with Gasteiger partial charge < -0.3 is 9.15 Å². The molecule has 0 atom stereocenters. The summed E-state index contributed by atoms with van der Waals surface area (Å²) in [5.41, 5.74) is 2.67. The van der Waals surface area contributed by atoms with E-state index < -0.39 is 0 Å². The van der Waals surface area contributed by atoms with E-state index in [1.165, 1.54) is 0 Å². The van der Waals surface area contributed by atoms with Crippen LogP contribution in [0.1, 0.15) is 18.4 Å². The molecule has 92 valence electrons. The number of benzene rings is 1. The standard InChI is InChI=1S/C13H17NO3/c1-10-5-6-12-11(9-10)14(13(15)17-12)7-3-4-8-16-2/h5-6,9H,3-4,7-8H2,1-2H3. The lowest BCUT2D eigenvalue weighted by atomic mass is 10.2. The maximum Gasteiger partial charge on any atom is 0.419 e. The number of hydrogen-bond donors (Lipinski definition) is 0. The topological polar surface area (TPSA) is 44.4 Å². The Hall–Kier alpha value is -1.55. The Labute approximate surface area is 99.8 Å². The highest BCUT2D eigenvalue weighted by Crippen LogP contribution is 2.15. The predicted octanol–water partition coefficient (Wildman–Crippen LogP) is 2.33. The second-order valence-electron chi connectivity index (χ2n) is 4.19. The molecule has 1 aromatic carbocycles. The summed E-state index contributed by atoms with van der Waals surface area (Å²) in [6.07, 6.45) is 1.86. The van der Waals surface area contributed by atoms with Crippen LogP contribution in [0.25, 0.3) is 11.1 Å². The van der Waals surface area contributed by atoms with E-state index >= 15 is 0 Å². The van der Waals surface area contributed by atoms with E-state index in [1.54, 1.807) is 11.7 Å². The van der Waals surface area contributed by atoms with Crippen molar-refractivity contribution in [1.29, 1.82) is 0 Å². The van der Waals surface area contributed by atoms with Crippen molar-refractivity contribution in [3.8, 4) is 0 Å². The van der Waals surface area contributed by atoms with E-state index in [0.717, 1.165) is 30.5 Å². The smallest absolute Gasteiger partial charge is 0.408 e. The number of aromatic nitrogens is 1. The number of unbranched alkanes of at least 4 members (excludes halogenated alkanes) is 1. The van der Waals surface area contributed by atoms with Crippen molar-refractivity contribution in [2.45, 2.75) is 26.3 Å². The summed E-state index contributed by atoms with van der Waals surface area (Å²) >= 11 is 0. The lowest BCUT2D eigenvalue weighted by Gasteiger charge is -2.02. The molecule has 0 unspecified atom stereocenters. The van der Waals surface area contributed by atoms with E-state index in [1.807, 2.05) is 25.1 Å². The van der Waals surface area contributed by atoms with E-state index in [0.29, 0.717) is 12.1 Å². The molecule has 0 spiro atoms. The van der Waals surface area contributed by atoms with Gasteiger partial charge in [0.25, 0.3) is 0 Å². The van der Waals surface area contributed by atoms with Gasteiger partial charge in [-0.2, -0.15) is 0 Å². The average molecular weight is 235 g/mol. The largest absolute Gasteiger partial charge is 0.419 e. The number of methoxy groups -OCH3 is 1. The quantitative estimate of drug-likeness (QED) is 0.747. The maximum absolute atomic E-state index is 11.7. The third-order valence-electron chi connectivity index (χ3n) is 2.80. The molecule has 2 aromatic rings. The molecule has 0 bridgehead atoms. The zero-order valence-electron chi connectivity index (χ0n) is 10.2. The van der Waals surface area contributed by atoms with E-state index in [4.69, 9.17) is 9.15 Å². The first kappa shape index (κ1) is 11.9. The summed E-state index contributed by atoms with van der Waals surface area (Å²) in [7, 11) is 1.68. The van der Waals surface area contributed by atoms with Crippen molar-refractivity contribution in [3.05, 3.63) is 34.3 Å². The van der Waals surface area contributed by atoms with Crippen LogP contribution in [0.5, 0.6) is 0 Å². The first-order valence-electron chi connectivity index (χ1n) is 5.81. The molecule has 1 heterocycles. The molecule has 0 N–H and O–H groups in total. The third kappa shape index (κ3) is 2.58. The lowest BCUT2D eigenvalue weighted by molar-refractivity contribution is 0.191. The minimum Gasteiger partial charge on any atom is -0.408 e. The highest BCUT2D eigenvalue weighted by molar-refractivity contribution is 5.73. The number of ether oxygens (including phenoxy) is 1. The van der Waals surface area contributed by atoms with Crippen molar-refractivity contribution in [2.24, 2.45) is 0 Å². The first-order valence-corrected chi connectivity index (χ1v) is 5.81. The van der Waals surface area contributed by atoms with Gasteiger partial charge in [0.15, 0.2) is 5.58 Å². The Morgan fingerprint density at radius 1 is 1.35 bits per heavy atom. The summed E-state index contributed by atoms with van der Waals surface area (Å²) in [6.45, 7) is 3.41. The molecule has 2 rings (SSSR count). The molecule has 4 heteroatoms. The van der Waals surface area contributed by atoms with E-state index in [2.05, 4.69) is 0 Å². The second kappa shape index (κ2) is 5.19. The van der Waals surface area contributed by atoms with Crippen LogP contribution in [0.3, 0.4) is 0 Å². The molecule has 0 aliphatic carbocycles. The zero-order valence-corrected chi connectivity index (χ0v) is 10.2. The van der Waals surface area contributed by atoms with Crippen LogP contribution >= 0.6 is 0 Å². The Kier molecular flexibility index (Phi) is 3.64. The molecule has 1 aromatic heterocycles. The maximum atomic E-state index is 11.7. The highest BCUT2D eigenvalue weighted by Gasteiger charge is 2.08. The zero-order chi connectivity index (χ0) is 12.3. The summed E-state index contributed by atoms with van der Waals surface area (Å²) in [4.78, 5) is 11.7. The predicted molar refractivity (Wildman–Crippen MR) is 66.3 cm³/mol. The van der Waals surface area contributed by atoms with Crippen molar-refractivity contribution < 1.29 is 9.15 Å². The molecule has 0 amide bonds. The highest BCUT2D eigenvalue weighted by atomic mass is 16.5. The molecule has 0 aliphatic rings. The summed E-state index contributed by atoms with van der Waals surface area (Å²) in [5.74, 6) is -0.275. The van der Waals surface area contributed by atoms with E-state index in [-0.39, 0.29) is 5.76 Å². The van der Waals surface area contributed by atoms with Crippen LogP contribution in [0, 0.1) is 6.92 Å². The fourth-order valence-corrected chi connectivity index (χ4v) is 1.90. The average Bonchev–Trinajstić information content (AvgIpc) is 2.61. The van der Waals surface area contributed by atoms with Crippen LogP contribution in [-0.2, 0) is 11.3 Å². The SMILES string of the molecule is COCCCCn1c(=O)oc2ccc(C)cc21. The van der Waals surface area contributed by atoms with Gasteiger partial charge in [-0.25, -0.2) is 4.79 Å². The number of nitrogens with zero attached hydrogens (tertiary/aromatic N) is 1. The number of aryl methyl sites for hydroxylation is 2. The van der Waals surface area contributed by atoms with Gasteiger partial charge in [0.2, 0.25) is 0 Å². The molecule has 0 saturated carbocycles. The van der Waals surface area contributed by atoms with Crippen LogP contribution in [0.15, 0.2) is 27.4 Å². The molecule has 4 nitrogen and oxygen atoms in total. The number of fused-ring (bicyclic) bond motifs is 1. The molecular formula is C13H17NO3. The Bertz CT molecular complexity index is 553. The first-order chi connectivity index (χ1) is 8.22. The van der Waals surface area contributed by atoms with Gasteiger partial charge in [0.05, 0.1) is 5.52 Å². The van der Waals surface area contributed by atoms with Crippen molar-refractivity contribution >= 4 is 11.1 Å². The van der Waals surface area contributed by atoms with Crippen molar-refractivity contribution in [1.82, 2.24) is 4.57 Å². The van der Waals surface area contributed by atoms with Gasteiger partial charge in [0, 0.05) is 20.3 Å². The number of rotatable bonds is 5. The molecule has 0 fully saturated rings. The Morgan fingerprint density at radius 2 is 2.18 bits per heavy atom. The van der Waals surface area contributed by atoms with Gasteiger partial charge in [0.1, 0.15) is 0 Å². The number of hydrogen-bond acceptors (Lipinski definition) is 3. The third-order valence-corrected chi connectivity index (χ3v) is 2.80. The number of oxazole rings is 1. The monoisotopic (exact) mass is 235 g/mol. The minimum absolute atomic E-state index is 0.275. The minimum atomic E-state index is -0.275. The Balaban J connectivity index is 2.23. The van der Waals surface area contributed by atoms with Gasteiger partial charge in [-0.3, -0.25) is 4.57 Å². The molecule has 0 aliphatic heterocycles. The van der Waals surface area contributed by atoms with Crippen molar-refractivity contribution in [2.75, 3.05) is 13.7 Å². The summed E-state index contributed by atoms with van der Waals surface area (Å²) in [5, 5.41) is 0. The fourth-order valence-electron chi connectivity index (χ4n) is 1.90. The summed E-state index contributed by atoms with van der Waals surface area (Å²) < 4.78 is 11.9. The Morgan fingerprint density at radius 3 is 2.94 bits per heavy atom. The van der Waals surface area contributed by atoms with Gasteiger partial charge in [-0.1, -0.05) is 6.07 Å². The fraction of sp³-hybridized carbons (Fsp3) is 0.462. The normalized spacial score (nSPS) is 11.2. The van der Waals surface area contributed by atoms with Crippen LogP contribution < -0.4 is 5.76 Å². The molecule has 17 heavy (non-hydrogen) atoms. The summed E-state index contributed by atoms with van der Waals surface area (Å²) in [6, 6.07) is 5.77. The van der Waals surface area contributed by atoms with Crippen LogP contribution in [-0.4, -0.2) is 18.3 Å². The van der Waals surface area contributed by atoms with Crippen LogP contribution in [0.4, 0.5) is 0 Å². The molecule has 0 saturated heterocycles. The van der Waals surface area contributed by atoms with Crippen molar-refractivity contribution in [3.63, 3.8) is 0 Å². The van der Waals surface area contributed by atoms with Gasteiger partial charge in [-0.15, -0.1) is 0 Å². The van der Waals surface area contributed by atoms with E-state index in [9.17, 15) is 4.79 Å². The second-order valence-corrected chi connectivity index (χ2v) is 4.19. The molecular weight excluding hydrogens is 218 g/mol. The van der Waals surface area contributed by atoms with Gasteiger partial charge in [-0.05, 0) is 37.5 Å².